The molecule has 0 atom stereocenters. The number of carbonyl (C=O) groups is 2. The summed E-state index contributed by atoms with van der Waals surface area (Å²) < 4.78 is 1.41. The van der Waals surface area contributed by atoms with Crippen molar-refractivity contribution in [3.63, 3.8) is 0 Å². The normalized spacial score (nSPS) is 15.5. The average Bonchev–Trinajstić information content (AvgIpc) is 3.70. The third-order valence-corrected chi connectivity index (χ3v) is 5.70. The molecule has 1 heterocycles. The molecular formula is C24H24N4O3. The minimum absolute atomic E-state index is 0.0115. The summed E-state index contributed by atoms with van der Waals surface area (Å²) >= 11 is 0. The van der Waals surface area contributed by atoms with E-state index in [-0.39, 0.29) is 23.6 Å². The lowest BCUT2D eigenvalue weighted by Crippen LogP contribution is -2.30. The Morgan fingerprint density at radius 3 is 2.48 bits per heavy atom. The number of nitrogens with zero attached hydrogens (tertiary/aromatic N) is 2. The number of phenols is 1. The molecule has 0 bridgehead atoms. The van der Waals surface area contributed by atoms with Crippen LogP contribution in [0.2, 0.25) is 0 Å². The van der Waals surface area contributed by atoms with Crippen molar-refractivity contribution in [1.29, 1.82) is 0 Å². The summed E-state index contributed by atoms with van der Waals surface area (Å²) in [6.45, 7) is 0.416. The summed E-state index contributed by atoms with van der Waals surface area (Å²) in [6, 6.07) is 16.3. The van der Waals surface area contributed by atoms with Crippen molar-refractivity contribution in [3.05, 3.63) is 65.9 Å². The summed E-state index contributed by atoms with van der Waals surface area (Å²) in [5.41, 5.74) is 3.49. The molecule has 158 valence electrons. The second-order valence-corrected chi connectivity index (χ2v) is 8.28. The van der Waals surface area contributed by atoms with Crippen molar-refractivity contribution in [2.24, 2.45) is 5.92 Å². The first-order chi connectivity index (χ1) is 15.1. The zero-order valence-corrected chi connectivity index (χ0v) is 17.0. The molecule has 2 aromatic carbocycles. The van der Waals surface area contributed by atoms with E-state index >= 15 is 0 Å². The molecule has 2 saturated carbocycles. The predicted molar refractivity (Wildman–Crippen MR) is 117 cm³/mol. The second-order valence-electron chi connectivity index (χ2n) is 8.28. The average molecular weight is 416 g/mol. The Labute approximate surface area is 180 Å². The number of amides is 2. The van der Waals surface area contributed by atoms with E-state index in [4.69, 9.17) is 0 Å². The fourth-order valence-electron chi connectivity index (χ4n) is 3.62. The van der Waals surface area contributed by atoms with Crippen LogP contribution in [0.15, 0.2) is 54.6 Å². The predicted octanol–water partition coefficient (Wildman–Crippen LogP) is 4.24. The van der Waals surface area contributed by atoms with Gasteiger partial charge in [0.05, 0.1) is 11.4 Å². The number of hydrogen-bond acceptors (Lipinski definition) is 4. The van der Waals surface area contributed by atoms with Gasteiger partial charge in [0, 0.05) is 35.7 Å². The van der Waals surface area contributed by atoms with E-state index in [1.807, 2.05) is 36.4 Å². The molecule has 7 heteroatoms. The molecule has 5 rings (SSSR count). The highest BCUT2D eigenvalue weighted by molar-refractivity contribution is 5.94. The summed E-state index contributed by atoms with van der Waals surface area (Å²) in [6.07, 6.45) is 3.89. The maximum absolute atomic E-state index is 12.8. The Morgan fingerprint density at radius 2 is 1.81 bits per heavy atom. The van der Waals surface area contributed by atoms with Crippen LogP contribution in [0.1, 0.15) is 42.9 Å². The minimum Gasteiger partial charge on any atom is -0.507 e. The molecule has 2 aliphatic rings. The molecule has 0 saturated heterocycles. The Kier molecular flexibility index (Phi) is 4.94. The molecule has 2 fully saturated rings. The van der Waals surface area contributed by atoms with Crippen molar-refractivity contribution < 1.29 is 14.7 Å². The number of anilines is 1. The molecule has 1 aromatic heterocycles. The number of aromatic nitrogens is 2. The molecule has 0 aliphatic heterocycles. The van der Waals surface area contributed by atoms with Gasteiger partial charge in [0.25, 0.3) is 0 Å². The highest BCUT2D eigenvalue weighted by atomic mass is 16.3. The summed E-state index contributed by atoms with van der Waals surface area (Å²) in [7, 11) is 0. The van der Waals surface area contributed by atoms with Gasteiger partial charge in [-0.25, -0.2) is 4.79 Å². The van der Waals surface area contributed by atoms with Crippen LogP contribution in [0.3, 0.4) is 0 Å². The van der Waals surface area contributed by atoms with Crippen LogP contribution in [-0.2, 0) is 11.3 Å². The summed E-state index contributed by atoms with van der Waals surface area (Å²) in [4.78, 5) is 24.8. The standard InChI is InChI=1S/C24H24N4O3/c29-22-12-18(26-23(30)17-8-9-17)10-11-19(22)20-13-21(16-6-7-16)28(27-20)24(31)25-14-15-4-2-1-3-5-15/h1-5,10-13,16-17,29H,6-9,14H2,(H,25,31)(H,26,30). The van der Waals surface area contributed by atoms with Gasteiger partial charge in [-0.3, -0.25) is 4.79 Å². The summed E-state index contributed by atoms with van der Waals surface area (Å²) in [5.74, 6) is 0.406. The second kappa shape index (κ2) is 7.91. The van der Waals surface area contributed by atoms with E-state index in [9.17, 15) is 14.7 Å². The van der Waals surface area contributed by atoms with Crippen LogP contribution < -0.4 is 10.6 Å². The van der Waals surface area contributed by atoms with Crippen molar-refractivity contribution in [2.75, 3.05) is 5.32 Å². The van der Waals surface area contributed by atoms with Gasteiger partial charge in [-0.05, 0) is 49.4 Å². The lowest BCUT2D eigenvalue weighted by atomic mass is 10.1. The molecule has 0 spiro atoms. The minimum atomic E-state index is -0.287. The van der Waals surface area contributed by atoms with Gasteiger partial charge < -0.3 is 15.7 Å². The van der Waals surface area contributed by atoms with Gasteiger partial charge in [0.1, 0.15) is 5.75 Å². The molecule has 3 N–H and O–H groups in total. The van der Waals surface area contributed by atoms with Gasteiger partial charge in [-0.2, -0.15) is 9.78 Å². The fraction of sp³-hybridized carbons (Fsp3) is 0.292. The highest BCUT2D eigenvalue weighted by Crippen LogP contribution is 2.42. The van der Waals surface area contributed by atoms with Crippen LogP contribution in [0.4, 0.5) is 10.5 Å². The molecule has 2 amide bonds. The number of rotatable bonds is 6. The fourth-order valence-corrected chi connectivity index (χ4v) is 3.62. The first-order valence-corrected chi connectivity index (χ1v) is 10.6. The van der Waals surface area contributed by atoms with Gasteiger partial charge in [0.2, 0.25) is 5.91 Å². The van der Waals surface area contributed by atoms with E-state index in [0.717, 1.165) is 36.9 Å². The Morgan fingerprint density at radius 1 is 1.03 bits per heavy atom. The van der Waals surface area contributed by atoms with Crippen LogP contribution in [0.5, 0.6) is 5.75 Å². The first kappa shape index (κ1) is 19.4. The molecule has 2 aliphatic carbocycles. The topological polar surface area (TPSA) is 96.3 Å². The number of hydrogen-bond donors (Lipinski definition) is 3. The van der Waals surface area contributed by atoms with Gasteiger partial charge in [0.15, 0.2) is 0 Å². The Hall–Kier alpha value is -3.61. The maximum atomic E-state index is 12.8. The zero-order chi connectivity index (χ0) is 21.4. The lowest BCUT2D eigenvalue weighted by Gasteiger charge is -2.08. The van der Waals surface area contributed by atoms with Crippen LogP contribution in [0, 0.1) is 5.92 Å². The van der Waals surface area contributed by atoms with E-state index in [0.29, 0.717) is 29.4 Å². The van der Waals surface area contributed by atoms with E-state index < -0.39 is 0 Å². The number of aromatic hydroxyl groups is 1. The monoisotopic (exact) mass is 416 g/mol. The quantitative estimate of drug-likeness (QED) is 0.560. The molecule has 3 aromatic rings. The van der Waals surface area contributed by atoms with Crippen molar-refractivity contribution >= 4 is 17.6 Å². The first-order valence-electron chi connectivity index (χ1n) is 10.6. The van der Waals surface area contributed by atoms with E-state index in [1.165, 1.54) is 10.7 Å². The van der Waals surface area contributed by atoms with Crippen molar-refractivity contribution in [1.82, 2.24) is 15.1 Å². The van der Waals surface area contributed by atoms with Crippen molar-refractivity contribution in [3.8, 4) is 17.0 Å². The van der Waals surface area contributed by atoms with E-state index in [2.05, 4.69) is 15.7 Å². The Bertz CT molecular complexity index is 1130. The van der Waals surface area contributed by atoms with Gasteiger partial charge in [-0.1, -0.05) is 30.3 Å². The Balaban J connectivity index is 1.36. The number of benzene rings is 2. The molecule has 0 radical (unpaired) electrons. The van der Waals surface area contributed by atoms with Crippen LogP contribution in [-0.4, -0.2) is 26.8 Å². The molecular weight excluding hydrogens is 392 g/mol. The third-order valence-electron chi connectivity index (χ3n) is 5.70. The number of nitrogens with one attached hydrogen (secondary N) is 2. The lowest BCUT2D eigenvalue weighted by molar-refractivity contribution is -0.117. The zero-order valence-electron chi connectivity index (χ0n) is 17.0. The van der Waals surface area contributed by atoms with Crippen LogP contribution >= 0.6 is 0 Å². The third kappa shape index (κ3) is 4.30. The highest BCUT2D eigenvalue weighted by Gasteiger charge is 2.31. The van der Waals surface area contributed by atoms with Crippen LogP contribution in [0.25, 0.3) is 11.3 Å². The molecule has 0 unspecified atom stereocenters. The van der Waals surface area contributed by atoms with Gasteiger partial charge >= 0.3 is 6.03 Å². The number of phenolic OH excluding ortho intramolecular Hbond substituents is 1. The SMILES string of the molecule is O=C(Nc1ccc(-c2cc(C3CC3)n(C(=O)NCc3ccccc3)n2)c(O)c1)C1CC1. The van der Waals surface area contributed by atoms with Gasteiger partial charge in [-0.15, -0.1) is 0 Å². The van der Waals surface area contributed by atoms with Crippen molar-refractivity contribution in [2.45, 2.75) is 38.1 Å². The smallest absolute Gasteiger partial charge is 0.342 e. The largest absolute Gasteiger partial charge is 0.507 e. The molecule has 31 heavy (non-hydrogen) atoms. The molecule has 7 nitrogen and oxygen atoms in total. The maximum Gasteiger partial charge on any atom is 0.342 e. The van der Waals surface area contributed by atoms with E-state index in [1.54, 1.807) is 12.1 Å². The number of carbonyl (C=O) groups excluding carboxylic acids is 2. The summed E-state index contributed by atoms with van der Waals surface area (Å²) in [5, 5.41) is 20.8.